The maximum absolute atomic E-state index is 11.3. The Morgan fingerprint density at radius 3 is 1.48 bits per heavy atom. The second-order valence-electron chi connectivity index (χ2n) is 10.5. The van der Waals surface area contributed by atoms with Gasteiger partial charge in [-0.1, -0.05) is 46.1 Å². The van der Waals surface area contributed by atoms with Crippen molar-refractivity contribution in [2.24, 2.45) is 0 Å². The zero-order valence-corrected chi connectivity index (χ0v) is 31.7. The summed E-state index contributed by atoms with van der Waals surface area (Å²) in [6.45, 7) is 27.8. The Labute approximate surface area is 312 Å². The van der Waals surface area contributed by atoms with Crippen LogP contribution in [0.2, 0.25) is 0 Å². The Hall–Kier alpha value is -1.54. The van der Waals surface area contributed by atoms with Gasteiger partial charge in [-0.15, -0.1) is 6.58 Å². The first-order valence-electron chi connectivity index (χ1n) is 14.9. The number of carbonyl (C=O) groups is 3. The van der Waals surface area contributed by atoms with Crippen molar-refractivity contribution in [3.8, 4) is 6.07 Å². The van der Waals surface area contributed by atoms with Crippen molar-refractivity contribution in [1.82, 2.24) is 0 Å². The van der Waals surface area contributed by atoms with Crippen molar-refractivity contribution in [3.05, 3.63) is 62.8 Å². The van der Waals surface area contributed by atoms with Crippen molar-refractivity contribution >= 4 is 51.6 Å². The number of halogens is 2. The molecule has 4 aliphatic rings. The number of esters is 1. The van der Waals surface area contributed by atoms with Crippen LogP contribution in [0.4, 0.5) is 0 Å². The van der Waals surface area contributed by atoms with Crippen LogP contribution < -0.4 is 17.0 Å². The van der Waals surface area contributed by atoms with E-state index in [0.717, 1.165) is 90.3 Å². The molecule has 0 amide bonds. The van der Waals surface area contributed by atoms with E-state index in [4.69, 9.17) is 26.3 Å². The van der Waals surface area contributed by atoms with E-state index in [9.17, 15) is 19.5 Å². The minimum Gasteiger partial charge on any atom is -1.00 e. The molecule has 0 aromatic rings. The van der Waals surface area contributed by atoms with Crippen LogP contribution in [0.1, 0.15) is 118 Å². The molecular weight excluding hydrogens is 682 g/mol. The van der Waals surface area contributed by atoms with Crippen molar-refractivity contribution in [3.63, 3.8) is 0 Å². The van der Waals surface area contributed by atoms with E-state index in [-0.39, 0.29) is 53.4 Å². The zero-order chi connectivity index (χ0) is 33.7. The van der Waals surface area contributed by atoms with Crippen molar-refractivity contribution in [2.45, 2.75) is 129 Å². The second kappa shape index (κ2) is 36.3. The fourth-order valence-corrected chi connectivity index (χ4v) is 4.06. The smallest absolute Gasteiger partial charge is 1.00 e. The molecule has 0 radical (unpaired) electrons. The van der Waals surface area contributed by atoms with Gasteiger partial charge >= 0.3 is 29.0 Å². The summed E-state index contributed by atoms with van der Waals surface area (Å²) in [6, 6.07) is 1.75. The molecule has 0 spiro atoms. The summed E-state index contributed by atoms with van der Waals surface area (Å²) in [5.74, 6) is 0.150. The third kappa shape index (κ3) is 32.4. The molecule has 7 nitrogen and oxygen atoms in total. The Bertz CT molecular complexity index is 875. The summed E-state index contributed by atoms with van der Waals surface area (Å²) < 4.78 is 10.3. The molecule has 4 rings (SSSR count). The number of ether oxygens (including phenoxy) is 2. The molecule has 260 valence electrons. The van der Waals surface area contributed by atoms with E-state index in [0.29, 0.717) is 16.9 Å². The van der Waals surface area contributed by atoms with Gasteiger partial charge in [0, 0.05) is 44.1 Å². The van der Waals surface area contributed by atoms with Crippen molar-refractivity contribution in [2.75, 3.05) is 13.2 Å². The van der Waals surface area contributed by atoms with Crippen LogP contribution in [-0.4, -0.2) is 69.6 Å². The number of rotatable bonds is 5. The molecule has 1 aliphatic heterocycles. The van der Waals surface area contributed by atoms with Gasteiger partial charge in [0.25, 0.3) is 0 Å². The minimum atomic E-state index is -0.500. The van der Waals surface area contributed by atoms with Crippen LogP contribution >= 0.6 is 11.6 Å². The van der Waals surface area contributed by atoms with E-state index in [1.54, 1.807) is 32.1 Å². The number of hydrogen-bond donors (Lipinski definition) is 1. The molecule has 0 unspecified atom stereocenters. The standard InChI is InChI=1S/C11H16O2.C7H12O.C5H8O.C4H5ClO.C4H8O.C2H3N.C2H3.CH4.BrH.Mg/c1-4-11(7-5-6-8-11)13-10(12)9(2)3;1-2-7(8)5-3-4-6-7;6-5-3-1-2-4-5;1-3(2)4(5)6;1-2-4-5-3-1;1-2-3;1-2;;;/h4H,1-2,5-8H2,3H3;2,8H,1,3-6H2;1-4H2;1H2,2H3;1-4H2;1H3;1H,2H2;1H4;1H;/q;;;;;;-1;;;+2/p-1. The number of ketones is 1. The molecule has 1 N–H and O–H groups in total. The van der Waals surface area contributed by atoms with Crippen molar-refractivity contribution in [1.29, 1.82) is 5.26 Å². The first kappa shape index (κ1) is 56.8. The largest absolute Gasteiger partial charge is 2.00 e. The number of carbonyl (C=O) groups excluding carboxylic acids is 3. The summed E-state index contributed by atoms with van der Waals surface area (Å²) >= 11 is 4.87. The number of Topliss-reactive ketones (excluding diaryl/α,β-unsaturated/α-hetero) is 1. The molecule has 4 fully saturated rings. The number of nitrogens with zero attached hydrogens (tertiary/aromatic N) is 1. The SMILES string of the molecule is C.C1CCOC1.C=C(C)C(=O)Cl.C=CC1(O)CCCC1.C=CC1(OC(=O)C(=C)C)CCCC1.CC#N.O=C1CCCC1.[Br-].[CH-]=C.[Mg+2]. The predicted octanol–water partition coefficient (Wildman–Crippen LogP) is 5.73. The van der Waals surface area contributed by atoms with Crippen LogP contribution in [0.25, 0.3) is 0 Å². The average molecular weight is 742 g/mol. The van der Waals surface area contributed by atoms with Gasteiger partial charge in [0.2, 0.25) is 5.24 Å². The molecule has 3 saturated carbocycles. The van der Waals surface area contributed by atoms with Gasteiger partial charge in [0.1, 0.15) is 11.4 Å². The Morgan fingerprint density at radius 2 is 1.28 bits per heavy atom. The molecule has 1 saturated heterocycles. The van der Waals surface area contributed by atoms with E-state index in [2.05, 4.69) is 39.5 Å². The molecule has 0 aromatic carbocycles. The van der Waals surface area contributed by atoms with Gasteiger partial charge in [-0.05, 0) is 95.7 Å². The van der Waals surface area contributed by atoms with E-state index < -0.39 is 16.4 Å². The van der Waals surface area contributed by atoms with Crippen LogP contribution in [0, 0.1) is 17.9 Å². The molecular formula is C36H59BrClMgNO6. The van der Waals surface area contributed by atoms with E-state index in [1.165, 1.54) is 19.8 Å². The molecule has 46 heavy (non-hydrogen) atoms. The summed E-state index contributed by atoms with van der Waals surface area (Å²) in [7, 11) is 0. The molecule has 3 aliphatic carbocycles. The molecule has 1 heterocycles. The fraction of sp³-hybridized carbons (Fsp3) is 0.611. The average Bonchev–Trinajstić information content (AvgIpc) is 3.82. The first-order valence-corrected chi connectivity index (χ1v) is 15.2. The number of allylic oxidation sites excluding steroid dienone is 1. The summed E-state index contributed by atoms with van der Waals surface area (Å²) in [4.78, 5) is 31.3. The normalized spacial score (nSPS) is 16.7. The minimum absolute atomic E-state index is 0. The van der Waals surface area contributed by atoms with Crippen molar-refractivity contribution < 1.29 is 45.9 Å². The maximum atomic E-state index is 11.3. The third-order valence-corrected chi connectivity index (χ3v) is 6.96. The Balaban J connectivity index is -0.000000107. The van der Waals surface area contributed by atoms with Crippen LogP contribution in [0.3, 0.4) is 0 Å². The number of aliphatic hydroxyl groups is 1. The van der Waals surface area contributed by atoms with Gasteiger partial charge in [-0.2, -0.15) is 5.26 Å². The van der Waals surface area contributed by atoms with Gasteiger partial charge in [0.15, 0.2) is 0 Å². The summed E-state index contributed by atoms with van der Waals surface area (Å²) in [5, 5.41) is 16.2. The second-order valence-corrected chi connectivity index (χ2v) is 10.8. The van der Waals surface area contributed by atoms with Crippen LogP contribution in [0.15, 0.2) is 56.2 Å². The third-order valence-electron chi connectivity index (χ3n) is 6.64. The molecule has 0 aromatic heterocycles. The van der Waals surface area contributed by atoms with Gasteiger partial charge in [0.05, 0.1) is 11.7 Å². The van der Waals surface area contributed by atoms with Gasteiger partial charge < -0.3 is 38.1 Å². The Morgan fingerprint density at radius 1 is 0.913 bits per heavy atom. The fourth-order valence-electron chi connectivity index (χ4n) is 4.06. The van der Waals surface area contributed by atoms with E-state index in [1.807, 2.05) is 0 Å². The van der Waals surface area contributed by atoms with Gasteiger partial charge in [-0.3, -0.25) is 16.2 Å². The van der Waals surface area contributed by atoms with E-state index >= 15 is 0 Å². The first-order chi connectivity index (χ1) is 20.3. The summed E-state index contributed by atoms with van der Waals surface area (Å²) in [5.41, 5.74) is -0.0689. The monoisotopic (exact) mass is 739 g/mol. The molecule has 0 bridgehead atoms. The summed E-state index contributed by atoms with van der Waals surface area (Å²) in [6.07, 6.45) is 18.1. The van der Waals surface area contributed by atoms with Crippen LogP contribution in [-0.2, 0) is 23.9 Å². The maximum Gasteiger partial charge on any atom is 2.00 e. The van der Waals surface area contributed by atoms with Crippen LogP contribution in [0.5, 0.6) is 0 Å². The number of hydrogen-bond acceptors (Lipinski definition) is 7. The molecule has 10 heteroatoms. The quantitative estimate of drug-likeness (QED) is 0.0957. The Kier molecular flexibility index (Phi) is 44.8. The number of nitriles is 1. The molecule has 0 atom stereocenters. The zero-order valence-electron chi connectivity index (χ0n) is 28.0. The predicted molar refractivity (Wildman–Crippen MR) is 189 cm³/mol. The van der Waals surface area contributed by atoms with Gasteiger partial charge in [-0.25, -0.2) is 4.79 Å². The topological polar surface area (TPSA) is 114 Å².